The standard InChI is InChI=1S/C33H43N3O3S/c1-22-17-27(15-16-30(22)38-2)25-11-9-24(10-12-25)21-36(32(37)26-13-7-23(19-34)8-14-26)29-6-4-5-28(18-29)31-20-35-33(39-3)40-31/h4-6,15-18,20,23-26H,7-14,19,21,34H2,1-3H3/t23-,24-,25-,26-. The molecule has 2 fully saturated rings. The molecular weight excluding hydrogens is 518 g/mol. The summed E-state index contributed by atoms with van der Waals surface area (Å²) in [5, 5.41) is 0.647. The summed E-state index contributed by atoms with van der Waals surface area (Å²) in [6.45, 7) is 3.62. The van der Waals surface area contributed by atoms with Crippen LogP contribution in [-0.4, -0.2) is 38.2 Å². The predicted octanol–water partition coefficient (Wildman–Crippen LogP) is 7.21. The van der Waals surface area contributed by atoms with Crippen molar-refractivity contribution in [1.82, 2.24) is 4.98 Å². The van der Waals surface area contributed by atoms with Gasteiger partial charge in [-0.2, -0.15) is 0 Å². The van der Waals surface area contributed by atoms with E-state index in [2.05, 4.69) is 59.3 Å². The first-order valence-electron chi connectivity index (χ1n) is 14.7. The van der Waals surface area contributed by atoms with Crippen molar-refractivity contribution in [3.63, 3.8) is 0 Å². The molecule has 0 aliphatic heterocycles. The summed E-state index contributed by atoms with van der Waals surface area (Å²) in [7, 11) is 3.37. The van der Waals surface area contributed by atoms with E-state index < -0.39 is 0 Å². The average molecular weight is 562 g/mol. The van der Waals surface area contributed by atoms with E-state index in [0.29, 0.717) is 22.9 Å². The summed E-state index contributed by atoms with van der Waals surface area (Å²) in [5.74, 6) is 2.93. The maximum Gasteiger partial charge on any atom is 0.273 e. The molecule has 1 heterocycles. The zero-order valence-corrected chi connectivity index (χ0v) is 24.9. The van der Waals surface area contributed by atoms with Crippen LogP contribution < -0.4 is 20.1 Å². The smallest absolute Gasteiger partial charge is 0.273 e. The van der Waals surface area contributed by atoms with Gasteiger partial charge in [-0.25, -0.2) is 4.98 Å². The number of rotatable bonds is 9. The predicted molar refractivity (Wildman–Crippen MR) is 163 cm³/mol. The number of nitrogens with two attached hydrogens (primary N) is 1. The van der Waals surface area contributed by atoms with Crippen LogP contribution in [0.25, 0.3) is 10.4 Å². The lowest BCUT2D eigenvalue weighted by Gasteiger charge is -2.36. The molecule has 2 aliphatic carbocycles. The first-order valence-corrected chi connectivity index (χ1v) is 15.6. The second-order valence-electron chi connectivity index (χ2n) is 11.6. The minimum atomic E-state index is 0.0774. The van der Waals surface area contributed by atoms with Crippen LogP contribution in [0.4, 0.5) is 5.69 Å². The zero-order chi connectivity index (χ0) is 28.1. The molecule has 1 aromatic heterocycles. The van der Waals surface area contributed by atoms with Crippen LogP contribution in [-0.2, 0) is 4.79 Å². The second kappa shape index (κ2) is 13.2. The maximum atomic E-state index is 14.1. The van der Waals surface area contributed by atoms with Gasteiger partial charge in [-0.15, -0.1) is 0 Å². The molecule has 0 spiro atoms. The molecule has 2 saturated carbocycles. The molecule has 5 rings (SSSR count). The number of anilines is 1. The molecule has 0 radical (unpaired) electrons. The highest BCUT2D eigenvalue weighted by Crippen LogP contribution is 2.40. The number of aryl methyl sites for hydroxylation is 1. The SMILES string of the molecule is COc1ncc(-c2cccc(N(C[C@H]3CC[C@H](c4ccc(OC)c(C)c4)CC3)C(=O)[C@H]3CC[C@H](CN)CC3)c2)s1. The number of hydrogen-bond donors (Lipinski definition) is 1. The minimum absolute atomic E-state index is 0.0774. The van der Waals surface area contributed by atoms with E-state index in [9.17, 15) is 4.79 Å². The van der Waals surface area contributed by atoms with Crippen molar-refractivity contribution in [3.8, 4) is 21.4 Å². The lowest BCUT2D eigenvalue weighted by Crippen LogP contribution is -2.41. The zero-order valence-electron chi connectivity index (χ0n) is 24.1. The summed E-state index contributed by atoms with van der Waals surface area (Å²) in [5.41, 5.74) is 10.6. The van der Waals surface area contributed by atoms with Crippen molar-refractivity contribution in [2.45, 2.75) is 64.2 Å². The van der Waals surface area contributed by atoms with Crippen molar-refractivity contribution in [1.29, 1.82) is 0 Å². The third kappa shape index (κ3) is 6.52. The van der Waals surface area contributed by atoms with Crippen molar-refractivity contribution >= 4 is 22.9 Å². The van der Waals surface area contributed by atoms with Crippen LogP contribution in [0.3, 0.4) is 0 Å². The molecule has 0 atom stereocenters. The largest absolute Gasteiger partial charge is 0.496 e. The van der Waals surface area contributed by atoms with Crippen LogP contribution in [0, 0.1) is 24.7 Å². The van der Waals surface area contributed by atoms with Gasteiger partial charge in [0.25, 0.3) is 5.19 Å². The highest BCUT2D eigenvalue weighted by Gasteiger charge is 2.32. The molecule has 7 heteroatoms. The Labute approximate surface area is 242 Å². The van der Waals surface area contributed by atoms with Gasteiger partial charge in [0.1, 0.15) is 5.75 Å². The highest BCUT2D eigenvalue weighted by molar-refractivity contribution is 7.16. The molecule has 1 amide bonds. The molecular formula is C33H43N3O3S. The number of amides is 1. The number of benzene rings is 2. The third-order valence-corrected chi connectivity index (χ3v) is 10.1. The van der Waals surface area contributed by atoms with Crippen molar-refractivity contribution in [3.05, 3.63) is 59.8 Å². The Balaban J connectivity index is 1.33. The highest BCUT2D eigenvalue weighted by atomic mass is 32.1. The molecule has 6 nitrogen and oxygen atoms in total. The van der Waals surface area contributed by atoms with E-state index in [1.165, 1.54) is 22.5 Å². The van der Waals surface area contributed by atoms with Gasteiger partial charge in [-0.1, -0.05) is 35.6 Å². The quantitative estimate of drug-likeness (QED) is 0.299. The summed E-state index contributed by atoms with van der Waals surface area (Å²) >= 11 is 1.53. The summed E-state index contributed by atoms with van der Waals surface area (Å²) in [6, 6.07) is 15.0. The van der Waals surface area contributed by atoms with E-state index in [1.54, 1.807) is 14.2 Å². The van der Waals surface area contributed by atoms with Crippen LogP contribution in [0.15, 0.2) is 48.7 Å². The van der Waals surface area contributed by atoms with Crippen molar-refractivity contribution in [2.75, 3.05) is 32.2 Å². The van der Waals surface area contributed by atoms with Gasteiger partial charge < -0.3 is 20.1 Å². The van der Waals surface area contributed by atoms with Gasteiger partial charge in [0.15, 0.2) is 0 Å². The Morgan fingerprint density at radius 3 is 2.38 bits per heavy atom. The van der Waals surface area contributed by atoms with Gasteiger partial charge in [-0.05, 0) is 117 Å². The number of aromatic nitrogens is 1. The number of ether oxygens (including phenoxy) is 2. The van der Waals surface area contributed by atoms with Gasteiger partial charge in [0.2, 0.25) is 5.91 Å². The summed E-state index contributed by atoms with van der Waals surface area (Å²) in [4.78, 5) is 21.6. The fourth-order valence-electron chi connectivity index (χ4n) is 6.59. The lowest BCUT2D eigenvalue weighted by atomic mass is 9.77. The van der Waals surface area contributed by atoms with Gasteiger partial charge in [-0.3, -0.25) is 4.79 Å². The Morgan fingerprint density at radius 2 is 1.73 bits per heavy atom. The Bertz CT molecular complexity index is 1280. The number of hydrogen-bond acceptors (Lipinski definition) is 6. The van der Waals surface area contributed by atoms with Crippen LogP contribution >= 0.6 is 11.3 Å². The topological polar surface area (TPSA) is 77.7 Å². The molecule has 0 bridgehead atoms. The van der Waals surface area contributed by atoms with Crippen molar-refractivity contribution < 1.29 is 14.3 Å². The Morgan fingerprint density at radius 1 is 0.975 bits per heavy atom. The normalized spacial score (nSPS) is 23.0. The lowest BCUT2D eigenvalue weighted by molar-refractivity contribution is -0.123. The van der Waals surface area contributed by atoms with E-state index >= 15 is 0 Å². The second-order valence-corrected chi connectivity index (χ2v) is 12.6. The molecule has 2 aliphatic rings. The molecule has 2 N–H and O–H groups in total. The molecule has 0 unspecified atom stereocenters. The monoisotopic (exact) mass is 561 g/mol. The third-order valence-electron chi connectivity index (χ3n) is 9.07. The first kappa shape index (κ1) is 28.6. The van der Waals surface area contributed by atoms with Crippen LogP contribution in [0.1, 0.15) is 68.4 Å². The summed E-state index contributed by atoms with van der Waals surface area (Å²) in [6.07, 6.45) is 10.4. The van der Waals surface area contributed by atoms with Crippen LogP contribution in [0.2, 0.25) is 0 Å². The summed E-state index contributed by atoms with van der Waals surface area (Å²) < 4.78 is 10.8. The van der Waals surface area contributed by atoms with E-state index in [1.807, 2.05) is 6.20 Å². The maximum absolute atomic E-state index is 14.1. The Hall–Kier alpha value is -2.90. The van der Waals surface area contributed by atoms with E-state index in [-0.39, 0.29) is 11.8 Å². The number of carbonyl (C=O) groups is 1. The average Bonchev–Trinajstić information content (AvgIpc) is 3.50. The van der Waals surface area contributed by atoms with Crippen LogP contribution in [0.5, 0.6) is 10.9 Å². The fraction of sp³-hybridized carbons (Fsp3) is 0.515. The minimum Gasteiger partial charge on any atom is -0.496 e. The molecule has 2 aromatic carbocycles. The number of thiazole rings is 1. The van der Waals surface area contributed by atoms with Gasteiger partial charge in [0, 0.05) is 24.3 Å². The van der Waals surface area contributed by atoms with E-state index in [0.717, 1.165) is 86.3 Å². The molecule has 0 saturated heterocycles. The fourth-order valence-corrected chi connectivity index (χ4v) is 7.32. The molecule has 40 heavy (non-hydrogen) atoms. The van der Waals surface area contributed by atoms with Crippen molar-refractivity contribution in [2.24, 2.45) is 23.5 Å². The van der Waals surface area contributed by atoms with Gasteiger partial charge in [0.05, 0.1) is 19.1 Å². The number of methoxy groups -OCH3 is 2. The van der Waals surface area contributed by atoms with Gasteiger partial charge >= 0.3 is 0 Å². The first-order chi connectivity index (χ1) is 19.5. The number of nitrogens with zero attached hydrogens (tertiary/aromatic N) is 2. The molecule has 3 aromatic rings. The Kier molecular flexibility index (Phi) is 9.43. The van der Waals surface area contributed by atoms with E-state index in [4.69, 9.17) is 15.2 Å². The number of carbonyl (C=O) groups excluding carboxylic acids is 1. The molecule has 214 valence electrons.